The molecule has 7 nitrogen and oxygen atoms in total. The molecule has 25 heavy (non-hydrogen) atoms. The van der Waals surface area contributed by atoms with Gasteiger partial charge in [0, 0.05) is 4.90 Å². The second-order valence-corrected chi connectivity index (χ2v) is 6.22. The molecular formula is C17H18N2O5S. The maximum absolute atomic E-state index is 11.7. The monoisotopic (exact) mass is 362 g/mol. The van der Waals surface area contributed by atoms with Crippen molar-refractivity contribution >= 4 is 29.5 Å². The highest BCUT2D eigenvalue weighted by Gasteiger charge is 2.12. The molecule has 1 heterocycles. The fraction of sp³-hybridized carbons (Fsp3) is 0.235. The molecule has 0 saturated carbocycles. The number of esters is 1. The Morgan fingerprint density at radius 1 is 1.16 bits per heavy atom. The van der Waals surface area contributed by atoms with Gasteiger partial charge in [-0.3, -0.25) is 25.2 Å². The van der Waals surface area contributed by atoms with Crippen molar-refractivity contribution in [2.75, 3.05) is 12.4 Å². The lowest BCUT2D eigenvalue weighted by Gasteiger charge is -2.08. The summed E-state index contributed by atoms with van der Waals surface area (Å²) in [4.78, 5) is 35.8. The molecule has 2 aromatic rings. The third kappa shape index (κ3) is 6.00. The highest BCUT2D eigenvalue weighted by molar-refractivity contribution is 8.00. The van der Waals surface area contributed by atoms with Crippen molar-refractivity contribution in [1.29, 1.82) is 0 Å². The molecule has 1 aromatic heterocycles. The van der Waals surface area contributed by atoms with E-state index in [2.05, 4.69) is 10.9 Å². The summed E-state index contributed by atoms with van der Waals surface area (Å²) in [6.45, 7) is 3.45. The summed E-state index contributed by atoms with van der Waals surface area (Å²) >= 11 is 1.35. The number of ether oxygens (including phenoxy) is 1. The Hall–Kier alpha value is -2.74. The van der Waals surface area contributed by atoms with Gasteiger partial charge in [0.15, 0.2) is 12.4 Å². The van der Waals surface area contributed by atoms with Crippen molar-refractivity contribution in [1.82, 2.24) is 10.9 Å². The molecule has 0 aliphatic rings. The molecule has 0 saturated heterocycles. The minimum absolute atomic E-state index is 0.0576. The lowest BCUT2D eigenvalue weighted by molar-refractivity contribution is -0.146. The van der Waals surface area contributed by atoms with Crippen LogP contribution in [0.15, 0.2) is 45.9 Å². The van der Waals surface area contributed by atoms with Crippen molar-refractivity contribution in [2.24, 2.45) is 0 Å². The Kier molecular flexibility index (Phi) is 6.64. The average molecular weight is 362 g/mol. The summed E-state index contributed by atoms with van der Waals surface area (Å²) in [5.74, 6) is -1.61. The van der Waals surface area contributed by atoms with Crippen LogP contribution in [0.5, 0.6) is 0 Å². The van der Waals surface area contributed by atoms with Crippen LogP contribution in [0.25, 0.3) is 0 Å². The van der Waals surface area contributed by atoms with Gasteiger partial charge < -0.3 is 9.15 Å². The first-order valence-corrected chi connectivity index (χ1v) is 8.42. The minimum Gasteiger partial charge on any atom is -0.459 e. The largest absolute Gasteiger partial charge is 0.459 e. The Morgan fingerprint density at radius 3 is 2.68 bits per heavy atom. The van der Waals surface area contributed by atoms with Crippen molar-refractivity contribution in [3.8, 4) is 0 Å². The predicted octanol–water partition coefficient (Wildman–Crippen LogP) is 1.99. The topological polar surface area (TPSA) is 97.6 Å². The van der Waals surface area contributed by atoms with E-state index in [9.17, 15) is 14.4 Å². The number of furan rings is 1. The molecule has 132 valence electrons. The second kappa shape index (κ2) is 8.93. The highest BCUT2D eigenvalue weighted by Crippen LogP contribution is 2.23. The van der Waals surface area contributed by atoms with E-state index >= 15 is 0 Å². The molecule has 8 heteroatoms. The number of carbonyl (C=O) groups excluding carboxylic acids is 3. The predicted molar refractivity (Wildman–Crippen MR) is 91.9 cm³/mol. The molecule has 0 fully saturated rings. The van der Waals surface area contributed by atoms with E-state index in [1.807, 2.05) is 32.0 Å². The highest BCUT2D eigenvalue weighted by atomic mass is 32.2. The molecule has 2 amide bonds. The van der Waals surface area contributed by atoms with Crippen LogP contribution in [-0.4, -0.2) is 30.1 Å². The Balaban J connectivity index is 1.68. The van der Waals surface area contributed by atoms with E-state index in [-0.39, 0.29) is 11.5 Å². The second-order valence-electron chi connectivity index (χ2n) is 5.20. The number of carbonyl (C=O) groups is 3. The van der Waals surface area contributed by atoms with Gasteiger partial charge in [0.05, 0.1) is 12.0 Å². The van der Waals surface area contributed by atoms with E-state index in [4.69, 9.17) is 9.15 Å². The summed E-state index contributed by atoms with van der Waals surface area (Å²) in [5, 5.41) is 0. The van der Waals surface area contributed by atoms with Gasteiger partial charge in [0.2, 0.25) is 0 Å². The van der Waals surface area contributed by atoms with E-state index in [0.29, 0.717) is 0 Å². The Morgan fingerprint density at radius 2 is 1.96 bits per heavy atom. The van der Waals surface area contributed by atoms with Crippen LogP contribution in [-0.2, 0) is 14.3 Å². The van der Waals surface area contributed by atoms with Crippen LogP contribution in [0.1, 0.15) is 21.7 Å². The zero-order chi connectivity index (χ0) is 18.2. The quantitative estimate of drug-likeness (QED) is 0.463. The van der Waals surface area contributed by atoms with Crippen molar-refractivity contribution in [2.45, 2.75) is 18.7 Å². The standard InChI is InChI=1S/C17H18N2O5S/c1-11-5-6-12(2)14(8-11)25-10-16(21)24-9-15(20)18-19-17(22)13-4-3-7-23-13/h3-8H,9-10H2,1-2H3,(H,18,20)(H,19,22). The number of hydrazine groups is 1. The smallest absolute Gasteiger partial charge is 0.316 e. The maximum atomic E-state index is 11.7. The number of aryl methyl sites for hydroxylation is 2. The summed E-state index contributed by atoms with van der Waals surface area (Å²) in [6, 6.07) is 8.97. The van der Waals surface area contributed by atoms with Crippen molar-refractivity contribution in [3.63, 3.8) is 0 Å². The van der Waals surface area contributed by atoms with E-state index in [1.165, 1.54) is 24.1 Å². The average Bonchev–Trinajstić information content (AvgIpc) is 3.13. The van der Waals surface area contributed by atoms with Gasteiger partial charge in [0.25, 0.3) is 5.91 Å². The number of thioether (sulfide) groups is 1. The minimum atomic E-state index is -0.648. The summed E-state index contributed by atoms with van der Waals surface area (Å²) in [5.41, 5.74) is 6.46. The van der Waals surface area contributed by atoms with Gasteiger partial charge in [-0.15, -0.1) is 11.8 Å². The fourth-order valence-corrected chi connectivity index (χ4v) is 2.74. The Labute approximate surface area is 149 Å². The van der Waals surface area contributed by atoms with Gasteiger partial charge in [-0.2, -0.15) is 0 Å². The van der Waals surface area contributed by atoms with Crippen molar-refractivity contribution in [3.05, 3.63) is 53.5 Å². The molecule has 1 aromatic carbocycles. The summed E-state index contributed by atoms with van der Waals surface area (Å²) < 4.78 is 9.74. The van der Waals surface area contributed by atoms with Gasteiger partial charge >= 0.3 is 11.9 Å². The lowest BCUT2D eigenvalue weighted by Crippen LogP contribution is -2.43. The molecule has 2 N–H and O–H groups in total. The summed E-state index contributed by atoms with van der Waals surface area (Å²) in [7, 11) is 0. The number of nitrogens with one attached hydrogen (secondary N) is 2. The van der Waals surface area contributed by atoms with E-state index in [1.54, 1.807) is 6.07 Å². The molecule has 0 bridgehead atoms. The van der Waals surface area contributed by atoms with Crippen LogP contribution in [0.2, 0.25) is 0 Å². The molecule has 0 unspecified atom stereocenters. The summed E-state index contributed by atoms with van der Waals surface area (Å²) in [6.07, 6.45) is 1.34. The van der Waals surface area contributed by atoms with E-state index < -0.39 is 24.4 Å². The molecule has 0 aliphatic heterocycles. The van der Waals surface area contributed by atoms with Crippen molar-refractivity contribution < 1.29 is 23.5 Å². The number of benzene rings is 1. The Bertz CT molecular complexity index is 758. The number of amides is 2. The zero-order valence-corrected chi connectivity index (χ0v) is 14.6. The van der Waals surface area contributed by atoms with Crippen LogP contribution in [0, 0.1) is 13.8 Å². The van der Waals surface area contributed by atoms with Gasteiger partial charge in [-0.1, -0.05) is 17.7 Å². The lowest BCUT2D eigenvalue weighted by atomic mass is 10.2. The number of hydrogen-bond acceptors (Lipinski definition) is 6. The van der Waals surface area contributed by atoms with Gasteiger partial charge in [-0.05, 0) is 37.6 Å². The van der Waals surface area contributed by atoms with Crippen LogP contribution < -0.4 is 10.9 Å². The SMILES string of the molecule is Cc1ccc(C)c(SCC(=O)OCC(=O)NNC(=O)c2ccco2)c1. The number of hydrogen-bond donors (Lipinski definition) is 2. The third-order valence-electron chi connectivity index (χ3n) is 3.11. The number of rotatable bonds is 6. The molecule has 0 radical (unpaired) electrons. The van der Waals surface area contributed by atoms with E-state index in [0.717, 1.165) is 16.0 Å². The van der Waals surface area contributed by atoms with Crippen LogP contribution in [0.3, 0.4) is 0 Å². The normalized spacial score (nSPS) is 10.2. The van der Waals surface area contributed by atoms with Crippen LogP contribution in [0.4, 0.5) is 0 Å². The molecule has 0 aliphatic carbocycles. The van der Waals surface area contributed by atoms with Gasteiger partial charge in [0.1, 0.15) is 0 Å². The first-order chi connectivity index (χ1) is 12.0. The molecule has 0 spiro atoms. The first kappa shape index (κ1) is 18.6. The first-order valence-electron chi connectivity index (χ1n) is 7.44. The van der Waals surface area contributed by atoms with Crippen LogP contribution >= 0.6 is 11.8 Å². The third-order valence-corrected chi connectivity index (χ3v) is 4.24. The zero-order valence-electron chi connectivity index (χ0n) is 13.8. The molecular weight excluding hydrogens is 344 g/mol. The maximum Gasteiger partial charge on any atom is 0.316 e. The fourth-order valence-electron chi connectivity index (χ4n) is 1.82. The molecule has 2 rings (SSSR count). The van der Waals surface area contributed by atoms with Gasteiger partial charge in [-0.25, -0.2) is 0 Å². The molecule has 0 atom stereocenters.